The predicted molar refractivity (Wildman–Crippen MR) is 341 cm³/mol. The van der Waals surface area contributed by atoms with Crippen LogP contribution in [-0.4, -0.2) is 11.3 Å². The molecule has 0 spiro atoms. The summed E-state index contributed by atoms with van der Waals surface area (Å²) < 4.78 is 2.41. The van der Waals surface area contributed by atoms with E-state index in [2.05, 4.69) is 306 Å². The van der Waals surface area contributed by atoms with Crippen LogP contribution in [0.5, 0.6) is 0 Å². The lowest BCUT2D eigenvalue weighted by atomic mass is 9.33. The Kier molecular flexibility index (Phi) is 9.81. The number of benzene rings is 14. The Balaban J connectivity index is 0.990. The van der Waals surface area contributed by atoms with Gasteiger partial charge in [0.15, 0.2) is 0 Å². The number of para-hydroxylation sites is 2. The lowest BCUT2D eigenvalue weighted by Gasteiger charge is -2.45. The number of rotatable bonds is 6. The SMILES string of the molecule is c1ccc(-c2ccc(N3c4cc5ccc6ccccc6c5cc4B4c5cc6c(ccc7ccccc76)cc5N(c5ccc(-c6ccccc6)cc5)c5cc(-c6ccc7c(c6)c6ccccc6n7-c6ccccc6)cc3c54)cc2)cc1. The molecule has 3 heterocycles. The van der Waals surface area contributed by atoms with Gasteiger partial charge in [-0.25, -0.2) is 0 Å². The number of hydrogen-bond acceptors (Lipinski definition) is 2. The highest BCUT2D eigenvalue weighted by Gasteiger charge is 2.44. The van der Waals surface area contributed by atoms with E-state index in [1.807, 2.05) is 0 Å². The molecule has 0 saturated heterocycles. The second-order valence-corrected chi connectivity index (χ2v) is 21.6. The number of hydrogen-bond donors (Lipinski definition) is 0. The van der Waals surface area contributed by atoms with Gasteiger partial charge in [-0.1, -0.05) is 212 Å². The summed E-state index contributed by atoms with van der Waals surface area (Å²) in [5, 5.41) is 12.4. The third-order valence-electron chi connectivity index (χ3n) is 17.3. The quantitative estimate of drug-likeness (QED) is 0.121. The molecule has 0 atom stereocenters. The molecular formula is C76H48BN3. The molecule has 0 fully saturated rings. The number of fused-ring (bicyclic) bond motifs is 13. The fourth-order valence-corrected chi connectivity index (χ4v) is 13.6. The summed E-state index contributed by atoms with van der Waals surface area (Å²) in [6.07, 6.45) is 0. The second-order valence-electron chi connectivity index (χ2n) is 21.6. The summed E-state index contributed by atoms with van der Waals surface area (Å²) in [7, 11) is 0. The van der Waals surface area contributed by atoms with Gasteiger partial charge in [-0.15, -0.1) is 0 Å². The molecule has 0 N–H and O–H groups in total. The van der Waals surface area contributed by atoms with Gasteiger partial charge in [0, 0.05) is 50.6 Å². The van der Waals surface area contributed by atoms with Crippen LogP contribution in [0.15, 0.2) is 291 Å². The fourth-order valence-electron chi connectivity index (χ4n) is 13.6. The summed E-state index contributed by atoms with van der Waals surface area (Å²) in [4.78, 5) is 5.16. The van der Waals surface area contributed by atoms with Crippen molar-refractivity contribution < 1.29 is 0 Å². The van der Waals surface area contributed by atoms with Crippen LogP contribution in [0, 0.1) is 0 Å². The van der Waals surface area contributed by atoms with Gasteiger partial charge in [0.25, 0.3) is 6.71 Å². The highest BCUT2D eigenvalue weighted by molar-refractivity contribution is 7.00. The van der Waals surface area contributed by atoms with Crippen molar-refractivity contribution in [2.24, 2.45) is 0 Å². The molecule has 3 nitrogen and oxygen atoms in total. The number of anilines is 6. The summed E-state index contributed by atoms with van der Waals surface area (Å²) >= 11 is 0. The summed E-state index contributed by atoms with van der Waals surface area (Å²) in [6.45, 7) is -0.114. The first-order chi connectivity index (χ1) is 39.7. The maximum atomic E-state index is 2.58. The zero-order valence-corrected chi connectivity index (χ0v) is 43.6. The summed E-state index contributed by atoms with van der Waals surface area (Å²) in [5.41, 5.74) is 21.4. The van der Waals surface area contributed by atoms with E-state index in [-0.39, 0.29) is 6.71 Å². The maximum Gasteiger partial charge on any atom is 0.252 e. The Morgan fingerprint density at radius 1 is 0.225 bits per heavy atom. The molecule has 15 aromatic rings. The molecule has 0 bridgehead atoms. The molecule has 17 rings (SSSR count). The molecule has 0 amide bonds. The van der Waals surface area contributed by atoms with Gasteiger partial charge in [-0.2, -0.15) is 0 Å². The zero-order valence-electron chi connectivity index (χ0n) is 43.6. The predicted octanol–water partition coefficient (Wildman–Crippen LogP) is 18.5. The van der Waals surface area contributed by atoms with Crippen molar-refractivity contribution >= 4 is 122 Å². The van der Waals surface area contributed by atoms with E-state index >= 15 is 0 Å². The molecule has 1 aromatic heterocycles. The Morgan fingerprint density at radius 3 is 1.19 bits per heavy atom. The van der Waals surface area contributed by atoms with E-state index in [0.717, 1.165) is 28.2 Å². The van der Waals surface area contributed by atoms with E-state index in [0.29, 0.717) is 0 Å². The lowest BCUT2D eigenvalue weighted by molar-refractivity contribution is 1.18. The monoisotopic (exact) mass is 1010 g/mol. The van der Waals surface area contributed by atoms with Crippen LogP contribution < -0.4 is 26.2 Å². The largest absolute Gasteiger partial charge is 0.311 e. The second kappa shape index (κ2) is 17.6. The third kappa shape index (κ3) is 6.82. The van der Waals surface area contributed by atoms with Crippen molar-refractivity contribution in [1.82, 2.24) is 4.57 Å². The first kappa shape index (κ1) is 44.7. The molecule has 14 aromatic carbocycles. The van der Waals surface area contributed by atoms with E-state index in [9.17, 15) is 0 Å². The molecule has 2 aliphatic rings. The molecule has 370 valence electrons. The first-order valence-electron chi connectivity index (χ1n) is 27.8. The van der Waals surface area contributed by atoms with Gasteiger partial charge >= 0.3 is 0 Å². The fraction of sp³-hybridized carbons (Fsp3) is 0. The molecular weight excluding hydrogens is 966 g/mol. The van der Waals surface area contributed by atoms with Crippen LogP contribution in [0.2, 0.25) is 0 Å². The smallest absolute Gasteiger partial charge is 0.252 e. The van der Waals surface area contributed by atoms with Gasteiger partial charge in [-0.05, 0) is 172 Å². The van der Waals surface area contributed by atoms with Crippen LogP contribution in [0.1, 0.15) is 0 Å². The van der Waals surface area contributed by atoms with Crippen molar-refractivity contribution in [1.29, 1.82) is 0 Å². The van der Waals surface area contributed by atoms with Gasteiger partial charge in [0.2, 0.25) is 0 Å². The van der Waals surface area contributed by atoms with Crippen molar-refractivity contribution in [3.8, 4) is 39.1 Å². The van der Waals surface area contributed by atoms with Crippen molar-refractivity contribution in [3.05, 3.63) is 291 Å². The first-order valence-corrected chi connectivity index (χ1v) is 27.8. The minimum Gasteiger partial charge on any atom is -0.311 e. The minimum absolute atomic E-state index is 0.114. The van der Waals surface area contributed by atoms with Crippen molar-refractivity contribution in [2.45, 2.75) is 0 Å². The Bertz CT molecular complexity index is 4760. The third-order valence-corrected chi connectivity index (χ3v) is 17.3. The lowest BCUT2D eigenvalue weighted by Crippen LogP contribution is -2.61. The molecule has 0 radical (unpaired) electrons. The van der Waals surface area contributed by atoms with Gasteiger partial charge in [0.1, 0.15) is 0 Å². The van der Waals surface area contributed by atoms with Crippen LogP contribution in [0.3, 0.4) is 0 Å². The normalized spacial score (nSPS) is 12.7. The standard InChI is InChI=1S/C76H48BN3/c1-4-16-49(17-5-1)51-32-37-60(38-33-51)79-72-43-56-30-28-53-20-10-12-24-62(53)65(56)47-68(72)77-69-48-66-57(31-29-54-21-11-13-25-63(54)66)44-73(69)80(61-39-34-52(35-40-61)50-18-6-2-7-19-50)75-46-58(45-74(79)76(75)77)55-36-41-71-67(42-55)64-26-14-15-27-70(64)78(71)59-22-8-3-9-23-59/h1-48H. The van der Waals surface area contributed by atoms with E-state index < -0.39 is 0 Å². The average molecular weight is 1010 g/mol. The summed E-state index contributed by atoms with van der Waals surface area (Å²) in [6, 6.07) is 109. The highest BCUT2D eigenvalue weighted by Crippen LogP contribution is 2.49. The molecule has 4 heteroatoms. The minimum atomic E-state index is -0.114. The molecule has 0 saturated carbocycles. The highest BCUT2D eigenvalue weighted by atomic mass is 15.2. The number of aromatic nitrogens is 1. The van der Waals surface area contributed by atoms with Crippen LogP contribution in [0.4, 0.5) is 34.1 Å². The maximum absolute atomic E-state index is 2.58. The van der Waals surface area contributed by atoms with Crippen LogP contribution in [-0.2, 0) is 0 Å². The van der Waals surface area contributed by atoms with Gasteiger partial charge < -0.3 is 14.4 Å². The van der Waals surface area contributed by atoms with Crippen LogP contribution >= 0.6 is 0 Å². The van der Waals surface area contributed by atoms with E-state index in [4.69, 9.17) is 0 Å². The van der Waals surface area contributed by atoms with Crippen molar-refractivity contribution in [3.63, 3.8) is 0 Å². The topological polar surface area (TPSA) is 11.4 Å². The summed E-state index contributed by atoms with van der Waals surface area (Å²) in [5.74, 6) is 0. The van der Waals surface area contributed by atoms with Gasteiger partial charge in [0.05, 0.1) is 11.0 Å². The Hall–Kier alpha value is -10.4. The van der Waals surface area contributed by atoms with Crippen molar-refractivity contribution in [2.75, 3.05) is 9.80 Å². The Morgan fingerprint density at radius 2 is 0.650 bits per heavy atom. The van der Waals surface area contributed by atoms with E-state index in [1.54, 1.807) is 0 Å². The average Bonchev–Trinajstić information content (AvgIpc) is 3.38. The van der Waals surface area contributed by atoms with Crippen LogP contribution in [0.25, 0.3) is 104 Å². The zero-order chi connectivity index (χ0) is 52.4. The number of nitrogens with zero attached hydrogens (tertiary/aromatic N) is 3. The molecule has 80 heavy (non-hydrogen) atoms. The molecule has 0 unspecified atom stereocenters. The molecule has 0 aliphatic carbocycles. The Labute approximate surface area is 464 Å². The van der Waals surface area contributed by atoms with Gasteiger partial charge in [-0.3, -0.25) is 0 Å². The molecule has 2 aliphatic heterocycles. The van der Waals surface area contributed by atoms with E-state index in [1.165, 1.54) is 126 Å².